The number of rotatable bonds is 3. The van der Waals surface area contributed by atoms with Gasteiger partial charge in [-0.15, -0.1) is 0 Å². The molecule has 0 unspecified atom stereocenters. The Morgan fingerprint density at radius 1 is 1.08 bits per heavy atom. The monoisotopic (exact) mass is 354 g/mol. The summed E-state index contributed by atoms with van der Waals surface area (Å²) < 4.78 is 21.0. The first-order valence-corrected chi connectivity index (χ1v) is 7.87. The van der Waals surface area contributed by atoms with Crippen LogP contribution in [0.5, 0.6) is 0 Å². The lowest BCUT2D eigenvalue weighted by molar-refractivity contribution is 0.429. The second-order valence-electron chi connectivity index (χ2n) is 5.47. The van der Waals surface area contributed by atoms with Crippen molar-refractivity contribution >= 4 is 11.6 Å². The molecule has 0 amide bonds. The van der Waals surface area contributed by atoms with Gasteiger partial charge in [0.05, 0.1) is 11.3 Å². The minimum Gasteiger partial charge on any atom is -0.334 e. The van der Waals surface area contributed by atoms with E-state index in [1.807, 2.05) is 37.4 Å². The average molecular weight is 355 g/mol. The molecule has 0 N–H and O–H groups in total. The third-order valence-corrected chi connectivity index (χ3v) is 4.06. The van der Waals surface area contributed by atoms with Crippen molar-refractivity contribution in [3.63, 3.8) is 0 Å². The van der Waals surface area contributed by atoms with Crippen LogP contribution in [0, 0.1) is 5.82 Å². The number of benzene rings is 2. The van der Waals surface area contributed by atoms with Gasteiger partial charge in [-0.2, -0.15) is 10.1 Å². The van der Waals surface area contributed by atoms with Crippen molar-refractivity contribution in [2.75, 3.05) is 0 Å². The molecule has 2 aromatic heterocycles. The quantitative estimate of drug-likeness (QED) is 0.539. The van der Waals surface area contributed by atoms with Gasteiger partial charge in [0, 0.05) is 29.4 Å². The van der Waals surface area contributed by atoms with Gasteiger partial charge in [0.15, 0.2) is 0 Å². The summed E-state index contributed by atoms with van der Waals surface area (Å²) in [5.74, 6) is -0.0115. The summed E-state index contributed by atoms with van der Waals surface area (Å²) in [4.78, 5) is 4.30. The highest BCUT2D eigenvalue weighted by molar-refractivity contribution is 6.30. The topological polar surface area (TPSA) is 56.7 Å². The molecule has 0 atom stereocenters. The summed E-state index contributed by atoms with van der Waals surface area (Å²) in [6.45, 7) is 0. The van der Waals surface area contributed by atoms with Crippen LogP contribution in [0.1, 0.15) is 0 Å². The Labute approximate surface area is 147 Å². The first-order chi connectivity index (χ1) is 12.1. The number of halogens is 2. The van der Waals surface area contributed by atoms with Crippen molar-refractivity contribution in [2.45, 2.75) is 0 Å². The smallest absolute Gasteiger partial charge is 0.261 e. The van der Waals surface area contributed by atoms with E-state index in [1.54, 1.807) is 10.9 Å². The molecular formula is C18H12ClFN4O. The Kier molecular flexibility index (Phi) is 3.82. The summed E-state index contributed by atoms with van der Waals surface area (Å²) in [6, 6.07) is 13.8. The van der Waals surface area contributed by atoms with Crippen LogP contribution in [0.25, 0.3) is 34.1 Å². The zero-order valence-corrected chi connectivity index (χ0v) is 13.9. The van der Waals surface area contributed by atoms with Gasteiger partial charge in [-0.1, -0.05) is 35.0 Å². The molecule has 25 heavy (non-hydrogen) atoms. The van der Waals surface area contributed by atoms with Crippen molar-refractivity contribution in [3.05, 3.63) is 65.6 Å². The van der Waals surface area contributed by atoms with Crippen molar-refractivity contribution in [2.24, 2.45) is 7.05 Å². The molecule has 5 nitrogen and oxygen atoms in total. The largest absolute Gasteiger partial charge is 0.334 e. The lowest BCUT2D eigenvalue weighted by Gasteiger charge is -2.03. The van der Waals surface area contributed by atoms with E-state index < -0.39 is 5.82 Å². The van der Waals surface area contributed by atoms with Crippen LogP contribution in [0.2, 0.25) is 5.02 Å². The number of nitrogens with zero attached hydrogens (tertiary/aromatic N) is 4. The van der Waals surface area contributed by atoms with Crippen LogP contribution in [0.15, 0.2) is 59.3 Å². The van der Waals surface area contributed by atoms with Crippen LogP contribution in [0.3, 0.4) is 0 Å². The van der Waals surface area contributed by atoms with Gasteiger partial charge in [-0.25, -0.2) is 4.39 Å². The van der Waals surface area contributed by atoms with Gasteiger partial charge >= 0.3 is 0 Å². The standard InChI is InChI=1S/C18H12ClFN4O/c1-24-16(7-8-21-24)11-3-2-4-12(9-11)17-22-18(25-23-17)14-10-13(19)5-6-15(14)20/h2-10H,1H3. The minimum atomic E-state index is -0.469. The van der Waals surface area contributed by atoms with E-state index in [4.69, 9.17) is 16.1 Å². The number of hydrogen-bond acceptors (Lipinski definition) is 4. The fourth-order valence-corrected chi connectivity index (χ4v) is 2.76. The maximum atomic E-state index is 14.0. The average Bonchev–Trinajstić information content (AvgIpc) is 3.26. The summed E-state index contributed by atoms with van der Waals surface area (Å²) in [7, 11) is 1.87. The molecule has 2 heterocycles. The fourth-order valence-electron chi connectivity index (χ4n) is 2.59. The van der Waals surface area contributed by atoms with E-state index >= 15 is 0 Å². The molecular weight excluding hydrogens is 343 g/mol. The Hall–Kier alpha value is -2.99. The summed E-state index contributed by atoms with van der Waals surface area (Å²) in [6.07, 6.45) is 1.73. The zero-order chi connectivity index (χ0) is 17.4. The molecule has 0 fully saturated rings. The maximum absolute atomic E-state index is 14.0. The van der Waals surface area contributed by atoms with Crippen molar-refractivity contribution in [1.29, 1.82) is 0 Å². The molecule has 0 saturated carbocycles. The lowest BCUT2D eigenvalue weighted by atomic mass is 10.1. The van der Waals surface area contributed by atoms with Crippen LogP contribution in [-0.2, 0) is 7.05 Å². The fraction of sp³-hybridized carbons (Fsp3) is 0.0556. The van der Waals surface area contributed by atoms with E-state index in [-0.39, 0.29) is 11.5 Å². The minimum absolute atomic E-state index is 0.0842. The lowest BCUT2D eigenvalue weighted by Crippen LogP contribution is -1.93. The zero-order valence-electron chi connectivity index (χ0n) is 13.1. The Balaban J connectivity index is 1.74. The van der Waals surface area contributed by atoms with Gasteiger partial charge < -0.3 is 4.52 Å². The third-order valence-electron chi connectivity index (χ3n) is 3.82. The highest BCUT2D eigenvalue weighted by Crippen LogP contribution is 2.28. The maximum Gasteiger partial charge on any atom is 0.261 e. The second kappa shape index (κ2) is 6.14. The first kappa shape index (κ1) is 15.5. The van der Waals surface area contributed by atoms with Crippen LogP contribution >= 0.6 is 11.6 Å². The van der Waals surface area contributed by atoms with E-state index in [0.717, 1.165) is 16.8 Å². The second-order valence-corrected chi connectivity index (χ2v) is 5.90. The van der Waals surface area contributed by atoms with E-state index in [2.05, 4.69) is 15.2 Å². The van der Waals surface area contributed by atoms with Gasteiger partial charge in [0.2, 0.25) is 5.82 Å². The van der Waals surface area contributed by atoms with Gasteiger partial charge in [0.1, 0.15) is 5.82 Å². The Bertz CT molecular complexity index is 1060. The highest BCUT2D eigenvalue weighted by Gasteiger charge is 2.15. The summed E-state index contributed by atoms with van der Waals surface area (Å²) >= 11 is 5.92. The molecule has 124 valence electrons. The molecule has 0 saturated heterocycles. The van der Waals surface area contributed by atoms with Crippen LogP contribution < -0.4 is 0 Å². The van der Waals surface area contributed by atoms with Gasteiger partial charge in [-0.05, 0) is 30.3 Å². The summed E-state index contributed by atoms with van der Waals surface area (Å²) in [5, 5.41) is 8.53. The molecule has 0 radical (unpaired) electrons. The number of aromatic nitrogens is 4. The van der Waals surface area contributed by atoms with E-state index in [1.165, 1.54) is 18.2 Å². The predicted molar refractivity (Wildman–Crippen MR) is 92.3 cm³/mol. The Morgan fingerprint density at radius 2 is 1.92 bits per heavy atom. The number of aryl methyl sites for hydroxylation is 1. The normalized spacial score (nSPS) is 11.0. The van der Waals surface area contributed by atoms with Gasteiger partial charge in [0.25, 0.3) is 5.89 Å². The SMILES string of the molecule is Cn1nccc1-c1cccc(-c2noc(-c3cc(Cl)ccc3F)n2)c1. The third kappa shape index (κ3) is 2.92. The molecule has 0 aliphatic carbocycles. The predicted octanol–water partition coefficient (Wildman–Crippen LogP) is 4.60. The summed E-state index contributed by atoms with van der Waals surface area (Å²) in [5.41, 5.74) is 2.87. The molecule has 0 aliphatic rings. The molecule has 0 aliphatic heterocycles. The molecule has 2 aromatic carbocycles. The van der Waals surface area contributed by atoms with Crippen LogP contribution in [-0.4, -0.2) is 19.9 Å². The van der Waals surface area contributed by atoms with Crippen molar-refractivity contribution in [3.8, 4) is 34.1 Å². The number of hydrogen-bond donors (Lipinski definition) is 0. The van der Waals surface area contributed by atoms with Crippen LogP contribution in [0.4, 0.5) is 4.39 Å². The molecule has 0 bridgehead atoms. The van der Waals surface area contributed by atoms with E-state index in [0.29, 0.717) is 10.8 Å². The van der Waals surface area contributed by atoms with Gasteiger partial charge in [-0.3, -0.25) is 4.68 Å². The molecule has 4 rings (SSSR count). The van der Waals surface area contributed by atoms with Crippen molar-refractivity contribution < 1.29 is 8.91 Å². The molecule has 4 aromatic rings. The van der Waals surface area contributed by atoms with E-state index in [9.17, 15) is 4.39 Å². The first-order valence-electron chi connectivity index (χ1n) is 7.50. The van der Waals surface area contributed by atoms with Crippen molar-refractivity contribution in [1.82, 2.24) is 19.9 Å². The Morgan fingerprint density at radius 3 is 2.72 bits per heavy atom. The highest BCUT2D eigenvalue weighted by atomic mass is 35.5. The molecule has 7 heteroatoms. The molecule has 0 spiro atoms.